The summed E-state index contributed by atoms with van der Waals surface area (Å²) in [6.07, 6.45) is 3.09. The fourth-order valence-electron chi connectivity index (χ4n) is 2.81. The molecule has 0 saturated heterocycles. The van der Waals surface area contributed by atoms with Crippen molar-refractivity contribution in [2.45, 2.75) is 20.8 Å². The van der Waals surface area contributed by atoms with E-state index < -0.39 is 0 Å². The van der Waals surface area contributed by atoms with Crippen LogP contribution in [0.5, 0.6) is 0 Å². The molecule has 0 bridgehead atoms. The Balaban J connectivity index is 2.10. The number of allylic oxidation sites excluding steroid dienone is 2. The van der Waals surface area contributed by atoms with Crippen LogP contribution < -0.4 is 5.32 Å². The molecular formula is C22H21N3O2. The van der Waals surface area contributed by atoms with Crippen LogP contribution in [0.25, 0.3) is 5.69 Å². The molecule has 0 saturated carbocycles. The molecule has 1 heterocycles. The molecule has 5 nitrogen and oxygen atoms in total. The Bertz CT molecular complexity index is 1000. The van der Waals surface area contributed by atoms with E-state index in [1.807, 2.05) is 49.4 Å². The summed E-state index contributed by atoms with van der Waals surface area (Å²) in [5, 5.41) is 3.08. The number of aryl methyl sites for hydroxylation is 1. The third kappa shape index (κ3) is 4.20. The average molecular weight is 359 g/mol. The summed E-state index contributed by atoms with van der Waals surface area (Å²) in [7, 11) is 0. The Hall–Kier alpha value is -3.47. The van der Waals surface area contributed by atoms with Gasteiger partial charge >= 0.3 is 0 Å². The molecular weight excluding hydrogens is 338 g/mol. The molecule has 0 aliphatic heterocycles. The van der Waals surface area contributed by atoms with E-state index in [0.717, 1.165) is 11.3 Å². The number of nitrogens with one attached hydrogen (secondary N) is 1. The molecule has 0 spiro atoms. The van der Waals surface area contributed by atoms with Gasteiger partial charge in [0, 0.05) is 16.9 Å². The number of carbonyl (C=O) groups is 2. The van der Waals surface area contributed by atoms with Crippen molar-refractivity contribution in [1.82, 2.24) is 9.55 Å². The maximum absolute atomic E-state index is 13.2. The zero-order valence-electron chi connectivity index (χ0n) is 15.6. The first-order chi connectivity index (χ1) is 13.0. The van der Waals surface area contributed by atoms with Crippen molar-refractivity contribution in [3.8, 4) is 5.69 Å². The third-order valence-electron chi connectivity index (χ3n) is 4.07. The van der Waals surface area contributed by atoms with Gasteiger partial charge in [-0.25, -0.2) is 4.98 Å². The number of hydrogen-bond donors (Lipinski definition) is 1. The molecule has 3 aromatic rings. The van der Waals surface area contributed by atoms with Gasteiger partial charge in [0.05, 0.1) is 0 Å². The zero-order chi connectivity index (χ0) is 19.4. The van der Waals surface area contributed by atoms with Crippen molar-refractivity contribution in [2.24, 2.45) is 0 Å². The van der Waals surface area contributed by atoms with Gasteiger partial charge in [-0.3, -0.25) is 14.2 Å². The molecule has 2 aromatic carbocycles. The second-order valence-electron chi connectivity index (χ2n) is 6.41. The predicted octanol–water partition coefficient (Wildman–Crippen LogP) is 4.32. The highest BCUT2D eigenvalue weighted by atomic mass is 16.1. The molecule has 1 N–H and O–H groups in total. The number of carbonyl (C=O) groups excluding carboxylic acids is 2. The van der Waals surface area contributed by atoms with Gasteiger partial charge in [-0.1, -0.05) is 48.0 Å². The average Bonchev–Trinajstić information content (AvgIpc) is 3.05. The minimum Gasteiger partial charge on any atom is -0.342 e. The van der Waals surface area contributed by atoms with E-state index in [9.17, 15) is 9.59 Å². The minimum absolute atomic E-state index is 0.0751. The van der Waals surface area contributed by atoms with E-state index in [1.54, 1.807) is 30.0 Å². The lowest BCUT2D eigenvalue weighted by Gasteiger charge is -2.11. The largest absolute Gasteiger partial charge is 0.342 e. The van der Waals surface area contributed by atoms with Crippen molar-refractivity contribution < 1.29 is 9.59 Å². The fourth-order valence-corrected chi connectivity index (χ4v) is 2.81. The molecule has 0 atom stereocenters. The SMILES string of the molecule is CC(=O)C=C(C)Nc1ncn(-c2ccc(C)cc2)c1C(=O)c1ccccc1. The standard InChI is InChI=1S/C22H21N3O2/c1-15-9-11-19(12-10-15)25-14-23-22(24-16(2)13-17(3)26)20(25)21(27)18-7-5-4-6-8-18/h4-14,24H,1-3H3. The van der Waals surface area contributed by atoms with Crippen LogP contribution in [-0.4, -0.2) is 21.1 Å². The number of hydrogen-bond acceptors (Lipinski definition) is 4. The summed E-state index contributed by atoms with van der Waals surface area (Å²) in [5.41, 5.74) is 3.59. The lowest BCUT2D eigenvalue weighted by molar-refractivity contribution is -0.112. The summed E-state index contributed by atoms with van der Waals surface area (Å²) in [5.74, 6) is 0.195. The van der Waals surface area contributed by atoms with Crippen molar-refractivity contribution in [2.75, 3.05) is 5.32 Å². The quantitative estimate of drug-likeness (QED) is 0.526. The van der Waals surface area contributed by atoms with Crippen LogP contribution in [0.1, 0.15) is 35.5 Å². The summed E-state index contributed by atoms with van der Waals surface area (Å²) >= 11 is 0. The second-order valence-corrected chi connectivity index (χ2v) is 6.41. The Morgan fingerprint density at radius 2 is 1.67 bits per heavy atom. The van der Waals surface area contributed by atoms with Crippen molar-refractivity contribution >= 4 is 17.4 Å². The van der Waals surface area contributed by atoms with Gasteiger partial charge in [0.15, 0.2) is 11.6 Å². The van der Waals surface area contributed by atoms with Crippen LogP contribution in [0.4, 0.5) is 5.82 Å². The maximum atomic E-state index is 13.2. The van der Waals surface area contributed by atoms with E-state index in [-0.39, 0.29) is 11.6 Å². The molecule has 0 unspecified atom stereocenters. The number of aromatic nitrogens is 2. The van der Waals surface area contributed by atoms with Gasteiger partial charge in [-0.15, -0.1) is 0 Å². The molecule has 0 fully saturated rings. The Labute approximate surface area is 158 Å². The molecule has 0 amide bonds. The van der Waals surface area contributed by atoms with E-state index in [2.05, 4.69) is 10.3 Å². The topological polar surface area (TPSA) is 64.0 Å². The highest BCUT2D eigenvalue weighted by molar-refractivity contribution is 6.11. The molecule has 27 heavy (non-hydrogen) atoms. The molecule has 3 rings (SSSR count). The predicted molar refractivity (Wildman–Crippen MR) is 106 cm³/mol. The monoisotopic (exact) mass is 359 g/mol. The van der Waals surface area contributed by atoms with Crippen LogP contribution in [0.3, 0.4) is 0 Å². The smallest absolute Gasteiger partial charge is 0.213 e. The van der Waals surface area contributed by atoms with Gasteiger partial charge < -0.3 is 5.32 Å². The molecule has 5 heteroatoms. The first kappa shape index (κ1) is 18.3. The van der Waals surface area contributed by atoms with Crippen LogP contribution in [-0.2, 0) is 4.79 Å². The molecule has 0 aliphatic carbocycles. The normalized spacial score (nSPS) is 11.3. The highest BCUT2D eigenvalue weighted by Gasteiger charge is 2.21. The summed E-state index contributed by atoms with van der Waals surface area (Å²) in [6.45, 7) is 5.26. The Kier molecular flexibility index (Phi) is 5.31. The summed E-state index contributed by atoms with van der Waals surface area (Å²) < 4.78 is 1.76. The number of benzene rings is 2. The maximum Gasteiger partial charge on any atom is 0.213 e. The van der Waals surface area contributed by atoms with E-state index >= 15 is 0 Å². The van der Waals surface area contributed by atoms with Crippen molar-refractivity contribution in [3.63, 3.8) is 0 Å². The molecule has 0 radical (unpaired) electrons. The lowest BCUT2D eigenvalue weighted by Crippen LogP contribution is -2.12. The molecule has 1 aromatic heterocycles. The second kappa shape index (κ2) is 7.83. The Morgan fingerprint density at radius 3 is 2.30 bits per heavy atom. The van der Waals surface area contributed by atoms with Crippen LogP contribution in [0.15, 0.2) is 72.7 Å². The number of ketones is 2. The van der Waals surface area contributed by atoms with Crippen LogP contribution in [0.2, 0.25) is 0 Å². The first-order valence-electron chi connectivity index (χ1n) is 8.65. The minimum atomic E-state index is -0.146. The lowest BCUT2D eigenvalue weighted by atomic mass is 10.1. The van der Waals surface area contributed by atoms with Gasteiger partial charge in [0.2, 0.25) is 5.78 Å². The van der Waals surface area contributed by atoms with Gasteiger partial charge in [-0.2, -0.15) is 0 Å². The molecule has 0 aliphatic rings. The molecule has 136 valence electrons. The van der Waals surface area contributed by atoms with Gasteiger partial charge in [0.25, 0.3) is 0 Å². The van der Waals surface area contributed by atoms with E-state index in [4.69, 9.17) is 0 Å². The van der Waals surface area contributed by atoms with Crippen molar-refractivity contribution in [1.29, 1.82) is 0 Å². The highest BCUT2D eigenvalue weighted by Crippen LogP contribution is 2.23. The van der Waals surface area contributed by atoms with Crippen LogP contribution >= 0.6 is 0 Å². The van der Waals surface area contributed by atoms with Gasteiger partial charge in [0.1, 0.15) is 12.0 Å². The number of nitrogens with zero attached hydrogens (tertiary/aromatic N) is 2. The number of imidazole rings is 1. The Morgan fingerprint density at radius 1 is 1.00 bits per heavy atom. The summed E-state index contributed by atoms with van der Waals surface area (Å²) in [4.78, 5) is 28.9. The summed E-state index contributed by atoms with van der Waals surface area (Å²) in [6, 6.07) is 16.9. The fraction of sp³-hybridized carbons (Fsp3) is 0.136. The first-order valence-corrected chi connectivity index (χ1v) is 8.65. The zero-order valence-corrected chi connectivity index (χ0v) is 15.6. The van der Waals surface area contributed by atoms with E-state index in [1.165, 1.54) is 13.0 Å². The van der Waals surface area contributed by atoms with Crippen molar-refractivity contribution in [3.05, 3.63) is 89.5 Å². The van der Waals surface area contributed by atoms with E-state index in [0.29, 0.717) is 22.8 Å². The van der Waals surface area contributed by atoms with Crippen LogP contribution in [0, 0.1) is 6.92 Å². The third-order valence-corrected chi connectivity index (χ3v) is 4.07. The number of rotatable bonds is 6. The van der Waals surface area contributed by atoms with Gasteiger partial charge in [-0.05, 0) is 39.0 Å². The number of anilines is 1.